The number of hydrogen-bond donors (Lipinski definition) is 4. The lowest BCUT2D eigenvalue weighted by molar-refractivity contribution is -0.139. The summed E-state index contributed by atoms with van der Waals surface area (Å²) >= 11 is 6.64. The van der Waals surface area contributed by atoms with Gasteiger partial charge in [-0.15, -0.1) is 0 Å². The molecule has 2 aromatic rings. The second-order valence-electron chi connectivity index (χ2n) is 10.8. The summed E-state index contributed by atoms with van der Waals surface area (Å²) in [5, 5.41) is 14.0. The molecule has 0 radical (unpaired) electrons. The Kier molecular flexibility index (Phi) is 18.4. The molecular formula is C30H44Br2FN3O7. The molecule has 2 rings (SSSR count). The smallest absolute Gasteiger partial charge is 0.408 e. The maximum absolute atomic E-state index is 11.7. The molecule has 0 aromatic heterocycles. The number of alkyl carbamates (subject to hydrolysis) is 2. The fourth-order valence-corrected chi connectivity index (χ4v) is 3.56. The molecule has 0 aliphatic heterocycles. The first-order valence-corrected chi connectivity index (χ1v) is 14.2. The van der Waals surface area contributed by atoms with E-state index < -0.39 is 54.5 Å². The van der Waals surface area contributed by atoms with Crippen LogP contribution in [0.25, 0.3) is 0 Å². The van der Waals surface area contributed by atoms with E-state index in [9.17, 15) is 23.6 Å². The van der Waals surface area contributed by atoms with Crippen molar-refractivity contribution in [1.82, 2.24) is 10.6 Å². The highest BCUT2D eigenvalue weighted by Crippen LogP contribution is 2.14. The van der Waals surface area contributed by atoms with Crippen LogP contribution in [0.3, 0.4) is 0 Å². The van der Waals surface area contributed by atoms with Gasteiger partial charge < -0.3 is 30.9 Å². The summed E-state index contributed by atoms with van der Waals surface area (Å²) < 4.78 is 27.5. The fourth-order valence-electron chi connectivity index (χ4n) is 3.03. The average molecular weight is 739 g/mol. The van der Waals surface area contributed by atoms with Gasteiger partial charge in [0.2, 0.25) is 5.91 Å². The number of aliphatic carboxylic acids is 1. The highest BCUT2D eigenvalue weighted by molar-refractivity contribution is 9.10. The van der Waals surface area contributed by atoms with Gasteiger partial charge >= 0.3 is 18.2 Å². The van der Waals surface area contributed by atoms with Gasteiger partial charge in [0, 0.05) is 21.8 Å². The van der Waals surface area contributed by atoms with E-state index >= 15 is 0 Å². The Bertz CT molecular complexity index is 1080. The third-order valence-electron chi connectivity index (χ3n) is 4.73. The Morgan fingerprint density at radius 3 is 1.40 bits per heavy atom. The Balaban J connectivity index is 0. The molecule has 10 nitrogen and oxygen atoms in total. The van der Waals surface area contributed by atoms with E-state index in [-0.39, 0.29) is 13.8 Å². The van der Waals surface area contributed by atoms with Gasteiger partial charge in [-0.1, -0.05) is 63.6 Å². The van der Waals surface area contributed by atoms with Crippen molar-refractivity contribution in [3.63, 3.8) is 0 Å². The topological polar surface area (TPSA) is 157 Å². The normalized spacial score (nSPS) is 12.2. The number of nitrogens with one attached hydrogen (secondary N) is 2. The molecule has 0 bridgehead atoms. The largest absolute Gasteiger partial charge is 0.480 e. The first kappa shape index (κ1) is 39.8. The summed E-state index contributed by atoms with van der Waals surface area (Å²) in [6.07, 6.45) is -0.871. The van der Waals surface area contributed by atoms with Gasteiger partial charge in [-0.25, -0.2) is 14.4 Å². The lowest BCUT2D eigenvalue weighted by Gasteiger charge is -2.22. The number of hydrogen-bond acceptors (Lipinski definition) is 6. The van der Waals surface area contributed by atoms with Crippen molar-refractivity contribution in [3.05, 3.63) is 68.6 Å². The zero-order chi connectivity index (χ0) is 33.4. The Morgan fingerprint density at radius 2 is 1.12 bits per heavy atom. The lowest BCUT2D eigenvalue weighted by Crippen LogP contribution is -2.47. The monoisotopic (exact) mass is 736 g/mol. The maximum atomic E-state index is 11.7. The minimum atomic E-state index is -1.10. The van der Waals surface area contributed by atoms with E-state index in [0.29, 0.717) is 6.42 Å². The number of carboxylic acids is 1. The van der Waals surface area contributed by atoms with Crippen molar-refractivity contribution >= 4 is 55.9 Å². The summed E-state index contributed by atoms with van der Waals surface area (Å²) in [7, 11) is -1.00. The van der Waals surface area contributed by atoms with Crippen LogP contribution in [0, 0.1) is 0 Å². The van der Waals surface area contributed by atoms with E-state index in [0.717, 1.165) is 20.1 Å². The number of halogens is 3. The number of carbonyl (C=O) groups is 4. The van der Waals surface area contributed by atoms with E-state index in [4.69, 9.17) is 21.7 Å². The van der Waals surface area contributed by atoms with Crippen LogP contribution in [0.4, 0.5) is 14.0 Å². The first-order valence-electron chi connectivity index (χ1n) is 13.3. The zero-order valence-electron chi connectivity index (χ0n) is 25.5. The number of carboxylic acid groups (broad SMARTS) is 1. The molecular weight excluding hydrogens is 693 g/mol. The molecule has 2 atom stereocenters. The van der Waals surface area contributed by atoms with Crippen LogP contribution in [0.2, 0.25) is 0 Å². The van der Waals surface area contributed by atoms with Crippen LogP contribution in [-0.4, -0.2) is 59.6 Å². The van der Waals surface area contributed by atoms with Gasteiger partial charge in [0.05, 0.1) is 8.52 Å². The van der Waals surface area contributed by atoms with Gasteiger partial charge in [-0.05, 0) is 76.9 Å². The van der Waals surface area contributed by atoms with Crippen LogP contribution in [-0.2, 0) is 31.9 Å². The predicted molar refractivity (Wildman–Crippen MR) is 173 cm³/mol. The van der Waals surface area contributed by atoms with Crippen molar-refractivity contribution in [2.45, 2.75) is 85.1 Å². The number of carbonyl (C=O) groups excluding carboxylic acids is 3. The Morgan fingerprint density at radius 1 is 0.814 bits per heavy atom. The highest BCUT2D eigenvalue weighted by atomic mass is 79.9. The summed E-state index contributed by atoms with van der Waals surface area (Å²) in [6, 6.07) is 12.9. The van der Waals surface area contributed by atoms with Gasteiger partial charge in [-0.2, -0.15) is 0 Å². The number of alkyl halides is 1. The van der Waals surface area contributed by atoms with Crippen LogP contribution in [0.15, 0.2) is 57.5 Å². The fraction of sp³-hybridized carbons (Fsp3) is 0.467. The second-order valence-corrected chi connectivity index (χ2v) is 12.6. The predicted octanol–water partition coefficient (Wildman–Crippen LogP) is 6.56. The summed E-state index contributed by atoms with van der Waals surface area (Å²) in [6.45, 7) is 10.4. The molecule has 0 aliphatic carbocycles. The molecule has 0 unspecified atom stereocenters. The molecule has 242 valence electrons. The standard InChI is InChI=1S/C14H19BrN2O3.C14H18BrNO4.CH3F.CH4/c1-14(2,3)20-13(19)17-11(12(16)18)8-9-4-6-10(15)7-5-9;1-14(2,3)20-13(19)16-11(12(17)18)8-9-4-6-10(15)7-5-9;1-2;/h4-7,11H,8H2,1-3H3,(H2,16,18)(H,17,19);4-7,11H,8H2,1-3H3,(H,16,19)(H,17,18);1H3;1H4/t2*11-;;/m00../s1/i;;1D;. The molecule has 0 spiro atoms. The number of rotatable bonds is 8. The van der Waals surface area contributed by atoms with Crippen molar-refractivity contribution in [2.75, 3.05) is 7.15 Å². The number of benzene rings is 2. The quantitative estimate of drug-likeness (QED) is 0.239. The van der Waals surface area contributed by atoms with Crippen LogP contribution >= 0.6 is 31.9 Å². The van der Waals surface area contributed by atoms with E-state index in [1.54, 1.807) is 53.7 Å². The Hall–Kier alpha value is -3.19. The lowest BCUT2D eigenvalue weighted by atomic mass is 10.1. The molecule has 0 aliphatic rings. The minimum absolute atomic E-state index is 0. The number of primary amides is 1. The average Bonchev–Trinajstić information content (AvgIpc) is 2.84. The molecule has 43 heavy (non-hydrogen) atoms. The minimum Gasteiger partial charge on any atom is -0.480 e. The van der Waals surface area contributed by atoms with Gasteiger partial charge in [0.25, 0.3) is 0 Å². The maximum Gasteiger partial charge on any atom is 0.408 e. The van der Waals surface area contributed by atoms with Crippen LogP contribution in [0.1, 0.15) is 61.5 Å². The molecule has 0 fully saturated rings. The van der Waals surface area contributed by atoms with Gasteiger partial charge in [0.15, 0.2) is 0 Å². The van der Waals surface area contributed by atoms with E-state index in [1.165, 1.54) is 0 Å². The molecule has 5 N–H and O–H groups in total. The first-order chi connectivity index (χ1) is 19.8. The molecule has 13 heteroatoms. The molecule has 2 aromatic carbocycles. The number of ether oxygens (including phenoxy) is 2. The third-order valence-corrected chi connectivity index (χ3v) is 5.79. The van der Waals surface area contributed by atoms with Crippen LogP contribution in [0.5, 0.6) is 0 Å². The van der Waals surface area contributed by atoms with Gasteiger partial charge in [-0.3, -0.25) is 9.18 Å². The van der Waals surface area contributed by atoms with Crippen molar-refractivity contribution < 1.29 is 39.5 Å². The SMILES string of the molecule is C.CC(C)(C)OC(=O)N[C@@H](Cc1ccc(Br)cc1)C(=O)O.CC(C)(C)OC(=O)N[C@@H](Cc1ccc(Br)cc1)C(N)=O.[2H]CF. The summed E-state index contributed by atoms with van der Waals surface area (Å²) in [5.41, 5.74) is 5.74. The van der Waals surface area contributed by atoms with Gasteiger partial charge in [0.1, 0.15) is 23.3 Å². The zero-order valence-corrected chi connectivity index (χ0v) is 27.7. The van der Waals surface area contributed by atoms with Crippen molar-refractivity contribution in [2.24, 2.45) is 5.73 Å². The third kappa shape index (κ3) is 20.4. The van der Waals surface area contributed by atoms with Crippen LogP contribution < -0.4 is 16.4 Å². The second kappa shape index (κ2) is 19.9. The molecule has 0 heterocycles. The Labute approximate surface area is 271 Å². The molecule has 0 saturated heterocycles. The van der Waals surface area contributed by atoms with E-state index in [2.05, 4.69) is 42.5 Å². The summed E-state index contributed by atoms with van der Waals surface area (Å²) in [5.74, 6) is -1.70. The summed E-state index contributed by atoms with van der Waals surface area (Å²) in [4.78, 5) is 45.9. The number of amides is 3. The molecule has 3 amide bonds. The number of nitrogens with two attached hydrogens (primary N) is 1. The van der Waals surface area contributed by atoms with Crippen molar-refractivity contribution in [1.29, 1.82) is 0 Å². The molecule has 0 saturated carbocycles. The van der Waals surface area contributed by atoms with E-state index in [1.807, 2.05) is 36.4 Å². The highest BCUT2D eigenvalue weighted by Gasteiger charge is 2.25. The van der Waals surface area contributed by atoms with Crippen molar-refractivity contribution in [3.8, 4) is 0 Å².